The number of nitrogens with zero attached hydrogens (tertiary/aromatic N) is 2. The summed E-state index contributed by atoms with van der Waals surface area (Å²) in [4.78, 5) is 38.0. The number of hydrogen-bond acceptors (Lipinski definition) is 8. The highest BCUT2D eigenvalue weighted by molar-refractivity contribution is 7.14. The molecule has 3 aromatic rings. The Bertz CT molecular complexity index is 982. The third-order valence-corrected chi connectivity index (χ3v) is 4.98. The Balaban J connectivity index is 1.73. The number of benzene rings is 1. The average Bonchev–Trinajstić information content (AvgIpc) is 3.30. The Labute approximate surface area is 155 Å². The van der Waals surface area contributed by atoms with Crippen molar-refractivity contribution < 1.29 is 19.2 Å². The van der Waals surface area contributed by atoms with Crippen molar-refractivity contribution >= 4 is 40.2 Å². The number of thiazole rings is 1. The quantitative estimate of drug-likeness (QED) is 0.392. The van der Waals surface area contributed by atoms with Crippen LogP contribution in [-0.2, 0) is 11.3 Å². The number of nitrogens with two attached hydrogens (primary N) is 1. The van der Waals surface area contributed by atoms with Crippen LogP contribution >= 0.6 is 22.7 Å². The van der Waals surface area contributed by atoms with Gasteiger partial charge in [-0.25, -0.2) is 9.78 Å². The van der Waals surface area contributed by atoms with Gasteiger partial charge in [0.15, 0.2) is 5.69 Å². The first kappa shape index (κ1) is 17.7. The van der Waals surface area contributed by atoms with E-state index in [2.05, 4.69) is 4.98 Å². The van der Waals surface area contributed by atoms with E-state index in [1.54, 1.807) is 5.38 Å². The lowest BCUT2D eigenvalue weighted by Crippen LogP contribution is -2.12. The molecule has 0 atom stereocenters. The van der Waals surface area contributed by atoms with Crippen LogP contribution in [0.25, 0.3) is 10.6 Å². The largest absolute Gasteiger partial charge is 0.456 e. The Hall–Kier alpha value is -3.11. The number of esters is 1. The molecule has 0 fully saturated rings. The minimum Gasteiger partial charge on any atom is -0.456 e. The molecule has 10 heteroatoms. The molecular formula is C16H11N3O5S2. The van der Waals surface area contributed by atoms with E-state index >= 15 is 0 Å². The van der Waals surface area contributed by atoms with Crippen LogP contribution in [0, 0.1) is 10.1 Å². The van der Waals surface area contributed by atoms with Crippen LogP contribution in [0.4, 0.5) is 5.69 Å². The number of carbonyl (C=O) groups excluding carboxylic acids is 2. The fraction of sp³-hybridized carbons (Fsp3) is 0.0625. The van der Waals surface area contributed by atoms with Crippen molar-refractivity contribution in [2.75, 3.05) is 0 Å². The van der Waals surface area contributed by atoms with Gasteiger partial charge in [0.25, 0.3) is 5.69 Å². The zero-order valence-corrected chi connectivity index (χ0v) is 14.7. The molecule has 2 N–H and O–H groups in total. The first-order valence-corrected chi connectivity index (χ1v) is 9.00. The van der Waals surface area contributed by atoms with Gasteiger partial charge in [-0.3, -0.25) is 14.9 Å². The van der Waals surface area contributed by atoms with E-state index in [-0.39, 0.29) is 29.1 Å². The monoisotopic (exact) mass is 389 g/mol. The number of carbonyl (C=O) groups is 2. The van der Waals surface area contributed by atoms with E-state index in [1.807, 2.05) is 16.8 Å². The number of rotatable bonds is 6. The molecule has 0 aliphatic carbocycles. The van der Waals surface area contributed by atoms with Gasteiger partial charge in [-0.2, -0.15) is 11.3 Å². The van der Waals surface area contributed by atoms with Crippen molar-refractivity contribution in [1.82, 2.24) is 4.98 Å². The SMILES string of the molecule is NC(=O)c1ccc(COC(=O)c2csc(-c3ccsc3)n2)c([N+](=O)[O-])c1. The van der Waals surface area contributed by atoms with E-state index in [9.17, 15) is 19.7 Å². The summed E-state index contributed by atoms with van der Waals surface area (Å²) in [5.74, 6) is -1.46. The summed E-state index contributed by atoms with van der Waals surface area (Å²) >= 11 is 2.83. The molecule has 0 aliphatic rings. The molecule has 0 saturated carbocycles. The van der Waals surface area contributed by atoms with Gasteiger partial charge in [0, 0.05) is 28.0 Å². The maximum atomic E-state index is 12.1. The molecule has 2 aromatic heterocycles. The molecule has 3 rings (SSSR count). The van der Waals surface area contributed by atoms with Crippen LogP contribution in [0.3, 0.4) is 0 Å². The van der Waals surface area contributed by atoms with Crippen molar-refractivity contribution in [3.63, 3.8) is 0 Å². The molecule has 132 valence electrons. The highest BCUT2D eigenvalue weighted by Crippen LogP contribution is 2.26. The number of hydrogen-bond donors (Lipinski definition) is 1. The zero-order chi connectivity index (χ0) is 18.7. The van der Waals surface area contributed by atoms with Crippen molar-refractivity contribution in [2.24, 2.45) is 5.73 Å². The summed E-state index contributed by atoms with van der Waals surface area (Å²) in [6, 6.07) is 5.63. The number of aromatic nitrogens is 1. The molecule has 8 nitrogen and oxygen atoms in total. The van der Waals surface area contributed by atoms with E-state index in [0.29, 0.717) is 5.01 Å². The highest BCUT2D eigenvalue weighted by Gasteiger charge is 2.19. The summed E-state index contributed by atoms with van der Waals surface area (Å²) in [6.07, 6.45) is 0. The number of thiophene rings is 1. The Kier molecular flexibility index (Phi) is 5.05. The van der Waals surface area contributed by atoms with E-state index in [4.69, 9.17) is 10.5 Å². The third-order valence-electron chi connectivity index (χ3n) is 3.41. The molecule has 0 unspecified atom stereocenters. The molecular weight excluding hydrogens is 378 g/mol. The van der Waals surface area contributed by atoms with Gasteiger partial charge in [-0.1, -0.05) is 0 Å². The Morgan fingerprint density at radius 1 is 1.27 bits per heavy atom. The average molecular weight is 389 g/mol. The molecule has 1 aromatic carbocycles. The van der Waals surface area contributed by atoms with Crippen LogP contribution < -0.4 is 5.73 Å². The second-order valence-electron chi connectivity index (χ2n) is 5.09. The zero-order valence-electron chi connectivity index (χ0n) is 13.1. The smallest absolute Gasteiger partial charge is 0.358 e. The minimum atomic E-state index is -0.778. The van der Waals surface area contributed by atoms with E-state index in [1.165, 1.54) is 34.8 Å². The highest BCUT2D eigenvalue weighted by atomic mass is 32.1. The van der Waals surface area contributed by atoms with Crippen LogP contribution in [0.15, 0.2) is 40.4 Å². The van der Waals surface area contributed by atoms with Gasteiger partial charge in [0.2, 0.25) is 5.91 Å². The van der Waals surface area contributed by atoms with Crippen molar-refractivity contribution in [3.8, 4) is 10.6 Å². The van der Waals surface area contributed by atoms with Gasteiger partial charge < -0.3 is 10.5 Å². The molecule has 1 amide bonds. The number of nitro benzene ring substituents is 1. The van der Waals surface area contributed by atoms with Gasteiger partial charge in [0.05, 0.1) is 10.5 Å². The van der Waals surface area contributed by atoms with Crippen molar-refractivity contribution in [1.29, 1.82) is 0 Å². The van der Waals surface area contributed by atoms with Crippen LogP contribution in [0.5, 0.6) is 0 Å². The number of primary amides is 1. The van der Waals surface area contributed by atoms with Crippen molar-refractivity contribution in [2.45, 2.75) is 6.61 Å². The summed E-state index contributed by atoms with van der Waals surface area (Å²) in [7, 11) is 0. The summed E-state index contributed by atoms with van der Waals surface area (Å²) < 4.78 is 5.12. The van der Waals surface area contributed by atoms with Crippen LogP contribution in [-0.4, -0.2) is 21.8 Å². The van der Waals surface area contributed by atoms with Gasteiger partial charge >= 0.3 is 5.97 Å². The molecule has 0 aliphatic heterocycles. The van der Waals surface area contributed by atoms with Gasteiger partial charge in [0.1, 0.15) is 11.6 Å². The molecule has 0 radical (unpaired) electrons. The molecule has 0 spiro atoms. The fourth-order valence-electron chi connectivity index (χ4n) is 2.11. The number of ether oxygens (including phenoxy) is 1. The van der Waals surface area contributed by atoms with Gasteiger partial charge in [-0.05, 0) is 23.6 Å². The van der Waals surface area contributed by atoms with Crippen LogP contribution in [0.2, 0.25) is 0 Å². The van der Waals surface area contributed by atoms with Crippen molar-refractivity contribution in [3.05, 3.63) is 67.3 Å². The lowest BCUT2D eigenvalue weighted by atomic mass is 10.1. The first-order valence-electron chi connectivity index (χ1n) is 7.18. The van der Waals surface area contributed by atoms with E-state index in [0.717, 1.165) is 11.6 Å². The minimum absolute atomic E-state index is 0.00619. The molecule has 0 bridgehead atoms. The predicted octanol–water partition coefficient (Wildman–Crippen LogP) is 3.24. The fourth-order valence-corrected chi connectivity index (χ4v) is 3.61. The van der Waals surface area contributed by atoms with E-state index < -0.39 is 16.8 Å². The third kappa shape index (κ3) is 3.76. The van der Waals surface area contributed by atoms with Crippen LogP contribution in [0.1, 0.15) is 26.4 Å². The summed E-state index contributed by atoms with van der Waals surface area (Å²) in [5, 5.41) is 17.2. The standard InChI is InChI=1S/C16H11N3O5S2/c17-14(20)9-1-2-10(13(5-9)19(22)23)6-24-16(21)12-8-26-15(18-12)11-3-4-25-7-11/h1-5,7-8H,6H2,(H2,17,20). The lowest BCUT2D eigenvalue weighted by molar-refractivity contribution is -0.385. The summed E-state index contributed by atoms with van der Waals surface area (Å²) in [5.41, 5.74) is 5.99. The topological polar surface area (TPSA) is 125 Å². The van der Waals surface area contributed by atoms with Gasteiger partial charge in [-0.15, -0.1) is 11.3 Å². The Morgan fingerprint density at radius 2 is 2.08 bits per heavy atom. The molecule has 2 heterocycles. The maximum Gasteiger partial charge on any atom is 0.358 e. The lowest BCUT2D eigenvalue weighted by Gasteiger charge is -2.05. The first-order chi connectivity index (χ1) is 12.5. The second-order valence-corrected chi connectivity index (χ2v) is 6.73. The second kappa shape index (κ2) is 7.42. The molecule has 26 heavy (non-hydrogen) atoms. The Morgan fingerprint density at radius 3 is 2.73 bits per heavy atom. The maximum absolute atomic E-state index is 12.1. The number of amides is 1. The number of nitro groups is 1. The predicted molar refractivity (Wildman–Crippen MR) is 96.2 cm³/mol. The summed E-state index contributed by atoms with van der Waals surface area (Å²) in [6.45, 7) is -0.320. The molecule has 0 saturated heterocycles. The normalized spacial score (nSPS) is 10.5.